The fourth-order valence-corrected chi connectivity index (χ4v) is 5.69. The minimum Gasteiger partial charge on any atom is -0.463 e. The molecule has 11 nitrogen and oxygen atoms in total. The van der Waals surface area contributed by atoms with Gasteiger partial charge in [0.2, 0.25) is 0 Å². The first-order valence-corrected chi connectivity index (χ1v) is 12.3. The molecular formula is C22H27NO10S2. The molecule has 5 atom stereocenters. The fraction of sp³-hybridized carbons (Fsp3) is 0.636. The molecule has 0 N–H and O–H groups in total. The van der Waals surface area contributed by atoms with Gasteiger partial charge in [0.05, 0.1) is 4.91 Å². The van der Waals surface area contributed by atoms with E-state index in [4.69, 9.17) is 35.9 Å². The van der Waals surface area contributed by atoms with Crippen LogP contribution in [-0.2, 0) is 47.7 Å². The molecule has 0 aromatic carbocycles. The number of rotatable bonds is 6. The van der Waals surface area contributed by atoms with E-state index in [2.05, 4.69) is 0 Å². The molecule has 3 rings (SSSR count). The third-order valence-electron chi connectivity index (χ3n) is 5.55. The Hall–Kier alpha value is -2.51. The van der Waals surface area contributed by atoms with E-state index in [-0.39, 0.29) is 10.9 Å². The summed E-state index contributed by atoms with van der Waals surface area (Å²) >= 11 is 6.61. The minimum atomic E-state index is -1.38. The smallest absolute Gasteiger partial charge is 0.303 e. The summed E-state index contributed by atoms with van der Waals surface area (Å²) in [5.74, 6) is -3.29. The summed E-state index contributed by atoms with van der Waals surface area (Å²) in [4.78, 5) is 62.5. The second-order valence-corrected chi connectivity index (χ2v) is 9.92. The van der Waals surface area contributed by atoms with E-state index >= 15 is 0 Å². The standard InChI is InChI=1S/C22H27NO10S2/c1-10(24)29-9-15-16(30-11(2)25)17(31-12(3)26)18(32-13(4)27)21(33-15)23-20(28)19(35-22(23)34)14-7-5-6-8-14/h15-18,21H,5-9H2,1-4H3/t15-,16-,17+,18-,21-/m1/s1. The van der Waals surface area contributed by atoms with Gasteiger partial charge in [0.15, 0.2) is 28.9 Å². The molecule has 0 spiro atoms. The summed E-state index contributed by atoms with van der Waals surface area (Å²) < 4.78 is 27.6. The first kappa shape index (κ1) is 27.1. The first-order chi connectivity index (χ1) is 16.5. The normalized spacial score (nSPS) is 28.7. The molecular weight excluding hydrogens is 502 g/mol. The molecule has 3 aliphatic rings. The third-order valence-corrected chi connectivity index (χ3v) is 7.03. The summed E-state index contributed by atoms with van der Waals surface area (Å²) in [6, 6.07) is 0. The summed E-state index contributed by atoms with van der Waals surface area (Å²) in [7, 11) is 0. The van der Waals surface area contributed by atoms with Crippen molar-refractivity contribution in [3.8, 4) is 0 Å². The molecule has 1 aliphatic carbocycles. The second-order valence-electron chi connectivity index (χ2n) is 8.27. The lowest BCUT2D eigenvalue weighted by Gasteiger charge is -2.46. The van der Waals surface area contributed by atoms with E-state index in [1.54, 1.807) is 0 Å². The van der Waals surface area contributed by atoms with Crippen molar-refractivity contribution < 1.29 is 47.7 Å². The van der Waals surface area contributed by atoms with Gasteiger partial charge >= 0.3 is 23.9 Å². The molecule has 2 heterocycles. The van der Waals surface area contributed by atoms with E-state index < -0.39 is 60.4 Å². The van der Waals surface area contributed by atoms with Crippen LogP contribution in [0.5, 0.6) is 0 Å². The number of hydrogen-bond donors (Lipinski definition) is 0. The number of allylic oxidation sites excluding steroid dienone is 1. The monoisotopic (exact) mass is 529 g/mol. The average molecular weight is 530 g/mol. The maximum Gasteiger partial charge on any atom is 0.303 e. The lowest BCUT2D eigenvalue weighted by atomic mass is 9.96. The quantitative estimate of drug-likeness (QED) is 0.215. The number of ether oxygens (including phenoxy) is 5. The molecule has 35 heavy (non-hydrogen) atoms. The summed E-state index contributed by atoms with van der Waals surface area (Å²) in [5.41, 5.74) is 0.996. The van der Waals surface area contributed by atoms with Gasteiger partial charge in [-0.05, 0) is 25.7 Å². The first-order valence-electron chi connectivity index (χ1n) is 11.1. The van der Waals surface area contributed by atoms with Gasteiger partial charge in [0.25, 0.3) is 5.91 Å². The van der Waals surface area contributed by atoms with Crippen LogP contribution in [0.15, 0.2) is 10.5 Å². The van der Waals surface area contributed by atoms with Crippen molar-refractivity contribution in [3.05, 3.63) is 10.5 Å². The number of nitrogens with zero attached hydrogens (tertiary/aromatic N) is 1. The predicted molar refractivity (Wildman–Crippen MR) is 124 cm³/mol. The van der Waals surface area contributed by atoms with Crippen LogP contribution >= 0.6 is 24.0 Å². The van der Waals surface area contributed by atoms with E-state index in [1.165, 1.54) is 11.8 Å². The van der Waals surface area contributed by atoms with Crippen LogP contribution in [0.2, 0.25) is 0 Å². The maximum absolute atomic E-state index is 13.5. The van der Waals surface area contributed by atoms with Crippen molar-refractivity contribution in [1.82, 2.24) is 4.90 Å². The number of hydrogen-bond acceptors (Lipinski definition) is 12. The molecule has 1 amide bonds. The molecule has 3 fully saturated rings. The molecule has 0 unspecified atom stereocenters. The number of carbonyl (C=O) groups excluding carboxylic acids is 5. The highest BCUT2D eigenvalue weighted by Gasteiger charge is 2.56. The minimum absolute atomic E-state index is 0.172. The highest BCUT2D eigenvalue weighted by molar-refractivity contribution is 8.26. The van der Waals surface area contributed by atoms with Gasteiger partial charge in [-0.1, -0.05) is 29.6 Å². The number of carbonyl (C=O) groups is 5. The highest BCUT2D eigenvalue weighted by atomic mass is 32.2. The Bertz CT molecular complexity index is 956. The van der Waals surface area contributed by atoms with Crippen molar-refractivity contribution in [2.45, 2.75) is 84.0 Å². The average Bonchev–Trinajstić information content (AvgIpc) is 3.37. The van der Waals surface area contributed by atoms with Crippen LogP contribution in [-0.4, -0.2) is 76.3 Å². The van der Waals surface area contributed by atoms with Crippen molar-refractivity contribution >= 4 is 58.1 Å². The van der Waals surface area contributed by atoms with Crippen molar-refractivity contribution in [1.29, 1.82) is 0 Å². The molecule has 1 saturated carbocycles. The molecule has 0 aromatic heterocycles. The number of thiocarbonyl (C=S) groups is 1. The Kier molecular flexibility index (Phi) is 8.89. The SMILES string of the molecule is CC(=O)OC[C@H]1O[C@@H](N2C(=O)C(=C3CCCC3)SC2=S)[C@H](OC(C)=O)[C@@H](OC(C)=O)[C@@H]1OC(C)=O. The largest absolute Gasteiger partial charge is 0.463 e. The van der Waals surface area contributed by atoms with Crippen molar-refractivity contribution in [2.75, 3.05) is 6.61 Å². The molecule has 13 heteroatoms. The van der Waals surface area contributed by atoms with Crippen molar-refractivity contribution in [3.63, 3.8) is 0 Å². The predicted octanol–water partition coefficient (Wildman–Crippen LogP) is 1.76. The van der Waals surface area contributed by atoms with Gasteiger partial charge in [-0.25, -0.2) is 0 Å². The molecule has 2 aliphatic heterocycles. The Morgan fingerprint density at radius 1 is 0.914 bits per heavy atom. The lowest BCUT2D eigenvalue weighted by Crippen LogP contribution is -2.66. The highest BCUT2D eigenvalue weighted by Crippen LogP contribution is 2.42. The van der Waals surface area contributed by atoms with E-state index in [0.29, 0.717) is 4.91 Å². The topological polar surface area (TPSA) is 135 Å². The summed E-state index contributed by atoms with van der Waals surface area (Å²) in [6.07, 6.45) is -3.05. The zero-order chi connectivity index (χ0) is 25.9. The van der Waals surface area contributed by atoms with Crippen LogP contribution in [0.1, 0.15) is 53.4 Å². The van der Waals surface area contributed by atoms with Crippen LogP contribution in [0.25, 0.3) is 0 Å². The maximum atomic E-state index is 13.5. The Morgan fingerprint density at radius 2 is 1.46 bits per heavy atom. The molecule has 192 valence electrons. The Balaban J connectivity index is 2.05. The van der Waals surface area contributed by atoms with Crippen LogP contribution in [0.4, 0.5) is 0 Å². The van der Waals surface area contributed by atoms with Crippen molar-refractivity contribution in [2.24, 2.45) is 0 Å². The van der Waals surface area contributed by atoms with Crippen LogP contribution < -0.4 is 0 Å². The van der Waals surface area contributed by atoms with Crippen LogP contribution in [0, 0.1) is 0 Å². The number of esters is 4. The Labute approximate surface area is 211 Å². The van der Waals surface area contributed by atoms with Gasteiger partial charge in [0, 0.05) is 27.7 Å². The fourth-order valence-electron chi connectivity index (χ4n) is 4.26. The Morgan fingerprint density at radius 3 is 2.00 bits per heavy atom. The van der Waals surface area contributed by atoms with Crippen LogP contribution in [0.3, 0.4) is 0 Å². The van der Waals surface area contributed by atoms with Gasteiger partial charge in [-0.3, -0.25) is 28.9 Å². The summed E-state index contributed by atoms with van der Waals surface area (Å²) in [5, 5.41) is 0. The van der Waals surface area contributed by atoms with E-state index in [0.717, 1.165) is 63.8 Å². The molecule has 0 radical (unpaired) electrons. The molecule has 0 bridgehead atoms. The second kappa shape index (κ2) is 11.5. The molecule has 2 saturated heterocycles. The third kappa shape index (κ3) is 6.39. The zero-order valence-corrected chi connectivity index (χ0v) is 21.4. The number of amides is 1. The van der Waals surface area contributed by atoms with Gasteiger partial charge in [-0.15, -0.1) is 0 Å². The van der Waals surface area contributed by atoms with E-state index in [1.807, 2.05) is 0 Å². The van der Waals surface area contributed by atoms with Gasteiger partial charge in [-0.2, -0.15) is 0 Å². The van der Waals surface area contributed by atoms with Gasteiger partial charge in [0.1, 0.15) is 12.7 Å². The number of thioether (sulfide) groups is 1. The lowest BCUT2D eigenvalue weighted by molar-refractivity contribution is -0.268. The summed E-state index contributed by atoms with van der Waals surface area (Å²) in [6.45, 7) is 4.20. The molecule has 0 aromatic rings. The van der Waals surface area contributed by atoms with E-state index in [9.17, 15) is 24.0 Å². The van der Waals surface area contributed by atoms with Gasteiger partial charge < -0.3 is 23.7 Å². The zero-order valence-electron chi connectivity index (χ0n) is 19.8.